The van der Waals surface area contributed by atoms with Gasteiger partial charge in [-0.2, -0.15) is 5.10 Å². The van der Waals surface area contributed by atoms with Crippen LogP contribution in [0.3, 0.4) is 0 Å². The van der Waals surface area contributed by atoms with Crippen LogP contribution < -0.4 is 10.6 Å². The molecule has 2 aromatic heterocycles. The molecule has 2 fully saturated rings. The molecule has 0 radical (unpaired) electrons. The fourth-order valence-electron chi connectivity index (χ4n) is 4.08. The Kier molecular flexibility index (Phi) is 4.76. The number of primary amides is 1. The average Bonchev–Trinajstić information content (AvgIpc) is 3.30. The van der Waals surface area contributed by atoms with Crippen molar-refractivity contribution in [2.24, 2.45) is 12.8 Å². The minimum absolute atomic E-state index is 0.235. The third-order valence-electron chi connectivity index (χ3n) is 5.66. The van der Waals surface area contributed by atoms with Gasteiger partial charge < -0.3 is 10.6 Å². The van der Waals surface area contributed by atoms with E-state index in [1.54, 1.807) is 0 Å². The number of rotatable bonds is 5. The van der Waals surface area contributed by atoms with E-state index < -0.39 is 0 Å². The molecule has 8 heteroatoms. The SMILES string of the molecule is Cn1ncc2c(N3CCN(CCC(N)=O)CC3)nc(C3CCCC3)nc21. The van der Waals surface area contributed by atoms with Crippen molar-refractivity contribution in [1.29, 1.82) is 0 Å². The number of fused-ring (bicyclic) bond motifs is 1. The van der Waals surface area contributed by atoms with E-state index in [-0.39, 0.29) is 5.91 Å². The number of nitrogens with two attached hydrogens (primary N) is 1. The normalized spacial score (nSPS) is 19.5. The summed E-state index contributed by atoms with van der Waals surface area (Å²) in [5, 5.41) is 5.44. The van der Waals surface area contributed by atoms with Gasteiger partial charge in [-0.15, -0.1) is 0 Å². The minimum Gasteiger partial charge on any atom is -0.370 e. The molecule has 1 aliphatic carbocycles. The van der Waals surface area contributed by atoms with Crippen molar-refractivity contribution in [3.05, 3.63) is 12.0 Å². The van der Waals surface area contributed by atoms with Crippen LogP contribution in [-0.2, 0) is 11.8 Å². The first-order valence-corrected chi connectivity index (χ1v) is 9.57. The van der Waals surface area contributed by atoms with Crippen molar-refractivity contribution in [3.63, 3.8) is 0 Å². The van der Waals surface area contributed by atoms with Crippen molar-refractivity contribution in [1.82, 2.24) is 24.6 Å². The summed E-state index contributed by atoms with van der Waals surface area (Å²) in [5.41, 5.74) is 6.19. The second-order valence-corrected chi connectivity index (χ2v) is 7.44. The zero-order chi connectivity index (χ0) is 18.1. The van der Waals surface area contributed by atoms with E-state index in [2.05, 4.69) is 14.9 Å². The summed E-state index contributed by atoms with van der Waals surface area (Å²) in [7, 11) is 1.94. The average molecular weight is 357 g/mol. The molecule has 0 aromatic carbocycles. The second-order valence-electron chi connectivity index (χ2n) is 7.44. The second kappa shape index (κ2) is 7.19. The summed E-state index contributed by atoms with van der Waals surface area (Å²) in [6.07, 6.45) is 7.21. The van der Waals surface area contributed by atoms with Crippen molar-refractivity contribution in [2.75, 3.05) is 37.6 Å². The Bertz CT molecular complexity index is 788. The van der Waals surface area contributed by atoms with Gasteiger partial charge in [0.25, 0.3) is 0 Å². The van der Waals surface area contributed by atoms with Gasteiger partial charge in [-0.05, 0) is 12.8 Å². The third kappa shape index (κ3) is 3.38. The zero-order valence-electron chi connectivity index (χ0n) is 15.4. The number of nitrogens with zero attached hydrogens (tertiary/aromatic N) is 6. The topological polar surface area (TPSA) is 93.2 Å². The molecule has 8 nitrogen and oxygen atoms in total. The van der Waals surface area contributed by atoms with Gasteiger partial charge in [0.1, 0.15) is 11.6 Å². The largest absolute Gasteiger partial charge is 0.370 e. The van der Waals surface area contributed by atoms with Gasteiger partial charge in [0.2, 0.25) is 5.91 Å². The minimum atomic E-state index is -0.235. The molecule has 140 valence electrons. The number of carbonyl (C=O) groups is 1. The van der Waals surface area contributed by atoms with Crippen molar-refractivity contribution >= 4 is 22.8 Å². The number of anilines is 1. The Morgan fingerprint density at radius 1 is 1.19 bits per heavy atom. The Morgan fingerprint density at radius 3 is 2.62 bits per heavy atom. The van der Waals surface area contributed by atoms with E-state index in [0.29, 0.717) is 12.3 Å². The summed E-state index contributed by atoms with van der Waals surface area (Å²) in [4.78, 5) is 25.5. The number of amides is 1. The lowest BCUT2D eigenvalue weighted by Crippen LogP contribution is -2.47. The molecule has 1 saturated carbocycles. The molecule has 2 aromatic rings. The van der Waals surface area contributed by atoms with E-state index in [4.69, 9.17) is 15.7 Å². The van der Waals surface area contributed by atoms with Crippen LogP contribution in [0.2, 0.25) is 0 Å². The molecular formula is C18H27N7O. The van der Waals surface area contributed by atoms with Crippen LogP contribution in [-0.4, -0.2) is 63.3 Å². The predicted molar refractivity (Wildman–Crippen MR) is 100.0 cm³/mol. The van der Waals surface area contributed by atoms with Crippen molar-refractivity contribution < 1.29 is 4.79 Å². The fourth-order valence-corrected chi connectivity index (χ4v) is 4.08. The van der Waals surface area contributed by atoms with Crippen LogP contribution in [0.25, 0.3) is 11.0 Å². The van der Waals surface area contributed by atoms with Crippen molar-refractivity contribution in [2.45, 2.75) is 38.0 Å². The maximum absolute atomic E-state index is 11.0. The molecule has 0 spiro atoms. The van der Waals surface area contributed by atoms with Gasteiger partial charge in [-0.25, -0.2) is 9.97 Å². The van der Waals surface area contributed by atoms with E-state index >= 15 is 0 Å². The molecule has 1 saturated heterocycles. The Morgan fingerprint density at radius 2 is 1.92 bits per heavy atom. The van der Waals surface area contributed by atoms with Gasteiger partial charge >= 0.3 is 0 Å². The van der Waals surface area contributed by atoms with Crippen LogP contribution in [0.1, 0.15) is 43.8 Å². The lowest BCUT2D eigenvalue weighted by atomic mass is 10.1. The molecule has 26 heavy (non-hydrogen) atoms. The number of aryl methyl sites for hydroxylation is 1. The van der Waals surface area contributed by atoms with Crippen LogP contribution in [0.5, 0.6) is 0 Å². The smallest absolute Gasteiger partial charge is 0.218 e. The Balaban J connectivity index is 1.57. The molecule has 2 aliphatic rings. The van der Waals surface area contributed by atoms with Crippen LogP contribution in [0.4, 0.5) is 5.82 Å². The Labute approximate surface area is 153 Å². The van der Waals surface area contributed by atoms with E-state index in [1.807, 2.05) is 17.9 Å². The first kappa shape index (κ1) is 17.2. The summed E-state index contributed by atoms with van der Waals surface area (Å²) in [5.74, 6) is 2.23. The molecule has 0 bridgehead atoms. The highest BCUT2D eigenvalue weighted by Gasteiger charge is 2.26. The van der Waals surface area contributed by atoms with E-state index in [0.717, 1.165) is 55.4 Å². The van der Waals surface area contributed by atoms with E-state index in [9.17, 15) is 4.79 Å². The van der Waals surface area contributed by atoms with Crippen LogP contribution in [0.15, 0.2) is 6.20 Å². The number of hydrogen-bond acceptors (Lipinski definition) is 6. The number of aromatic nitrogens is 4. The van der Waals surface area contributed by atoms with Gasteiger partial charge in [-0.1, -0.05) is 12.8 Å². The maximum atomic E-state index is 11.0. The quantitative estimate of drug-likeness (QED) is 0.859. The summed E-state index contributed by atoms with van der Waals surface area (Å²) in [6.45, 7) is 4.35. The molecular weight excluding hydrogens is 330 g/mol. The molecule has 1 aliphatic heterocycles. The highest BCUT2D eigenvalue weighted by molar-refractivity contribution is 5.87. The fraction of sp³-hybridized carbons (Fsp3) is 0.667. The zero-order valence-corrected chi connectivity index (χ0v) is 15.4. The standard InChI is InChI=1S/C18H27N7O/c1-23-17-14(12-20-23)18(22-16(21-17)13-4-2-3-5-13)25-10-8-24(9-11-25)7-6-15(19)26/h12-13H,2-11H2,1H3,(H2,19,26). The molecule has 3 heterocycles. The molecule has 0 unspecified atom stereocenters. The number of carbonyl (C=O) groups excluding carboxylic acids is 1. The third-order valence-corrected chi connectivity index (χ3v) is 5.66. The maximum Gasteiger partial charge on any atom is 0.218 e. The summed E-state index contributed by atoms with van der Waals surface area (Å²) >= 11 is 0. The lowest BCUT2D eigenvalue weighted by Gasteiger charge is -2.35. The van der Waals surface area contributed by atoms with Crippen LogP contribution >= 0.6 is 0 Å². The first-order chi connectivity index (χ1) is 12.6. The number of hydrogen-bond donors (Lipinski definition) is 1. The molecule has 0 atom stereocenters. The van der Waals surface area contributed by atoms with Gasteiger partial charge in [0, 0.05) is 52.1 Å². The molecule has 1 amide bonds. The summed E-state index contributed by atoms with van der Waals surface area (Å²) in [6, 6.07) is 0. The lowest BCUT2D eigenvalue weighted by molar-refractivity contribution is -0.118. The van der Waals surface area contributed by atoms with Crippen molar-refractivity contribution in [3.8, 4) is 0 Å². The highest BCUT2D eigenvalue weighted by Crippen LogP contribution is 2.35. The van der Waals surface area contributed by atoms with Crippen LogP contribution in [0, 0.1) is 0 Å². The molecule has 4 rings (SSSR count). The first-order valence-electron chi connectivity index (χ1n) is 9.57. The highest BCUT2D eigenvalue weighted by atomic mass is 16.1. The monoisotopic (exact) mass is 357 g/mol. The van der Waals surface area contributed by atoms with Gasteiger partial charge in [0.15, 0.2) is 5.65 Å². The van der Waals surface area contributed by atoms with Gasteiger partial charge in [0.05, 0.1) is 11.6 Å². The van der Waals surface area contributed by atoms with Gasteiger partial charge in [-0.3, -0.25) is 14.4 Å². The number of piperazine rings is 1. The van der Waals surface area contributed by atoms with E-state index in [1.165, 1.54) is 25.7 Å². The predicted octanol–water partition coefficient (Wildman–Crippen LogP) is 1.02. The molecule has 2 N–H and O–H groups in total. The summed E-state index contributed by atoms with van der Waals surface area (Å²) < 4.78 is 1.85. The Hall–Kier alpha value is -2.22.